The van der Waals surface area contributed by atoms with Gasteiger partial charge in [-0.25, -0.2) is 9.97 Å². The molecule has 8 nitrogen and oxygen atoms in total. The molecule has 164 valence electrons. The number of benzene rings is 1. The largest absolute Gasteiger partial charge is 0.394 e. The van der Waals surface area contributed by atoms with Crippen LogP contribution in [0.2, 0.25) is 0 Å². The minimum absolute atomic E-state index is 0.0669. The summed E-state index contributed by atoms with van der Waals surface area (Å²) in [5, 5.41) is 31.6. The molecule has 0 bridgehead atoms. The summed E-state index contributed by atoms with van der Waals surface area (Å²) in [6, 6.07) is 13.4. The van der Waals surface area contributed by atoms with Gasteiger partial charge in [-0.3, -0.25) is 0 Å². The van der Waals surface area contributed by atoms with E-state index in [1.807, 2.05) is 74.0 Å². The van der Waals surface area contributed by atoms with Crippen LogP contribution in [-0.2, 0) is 6.61 Å². The Labute approximate surface area is 186 Å². The predicted molar refractivity (Wildman–Crippen MR) is 122 cm³/mol. The lowest BCUT2D eigenvalue weighted by molar-refractivity contribution is 0.276. The number of nitrogens with one attached hydrogen (secondary N) is 1. The first-order valence-electron chi connectivity index (χ1n) is 10.4. The number of rotatable bonds is 7. The molecule has 0 spiro atoms. The highest BCUT2D eigenvalue weighted by Crippen LogP contribution is 2.25. The maximum Gasteiger partial charge on any atom is 0.152 e. The monoisotopic (exact) mass is 430 g/mol. The SMILES string of the molecule is Cc1ccc([C@H](CO)Nc2nnc(-c3ccc(-n4cnc(C)c4)c(CO)n3)cc2C)cc1. The molecule has 0 saturated carbocycles. The second-order valence-corrected chi connectivity index (χ2v) is 7.79. The zero-order valence-electron chi connectivity index (χ0n) is 18.3. The molecule has 0 aliphatic rings. The minimum Gasteiger partial charge on any atom is -0.394 e. The molecule has 1 aromatic carbocycles. The predicted octanol–water partition coefficient (Wildman–Crippen LogP) is 3.29. The van der Waals surface area contributed by atoms with Crippen molar-refractivity contribution in [3.63, 3.8) is 0 Å². The normalized spacial score (nSPS) is 12.0. The average Bonchev–Trinajstić information content (AvgIpc) is 3.24. The Morgan fingerprint density at radius 1 is 0.969 bits per heavy atom. The van der Waals surface area contributed by atoms with Crippen LogP contribution in [0, 0.1) is 20.8 Å². The van der Waals surface area contributed by atoms with Gasteiger partial charge in [-0.1, -0.05) is 29.8 Å². The van der Waals surface area contributed by atoms with E-state index in [4.69, 9.17) is 0 Å². The fourth-order valence-electron chi connectivity index (χ4n) is 3.49. The summed E-state index contributed by atoms with van der Waals surface area (Å²) in [4.78, 5) is 8.82. The number of aryl methyl sites for hydroxylation is 3. The van der Waals surface area contributed by atoms with Crippen molar-refractivity contribution >= 4 is 5.82 Å². The highest BCUT2D eigenvalue weighted by atomic mass is 16.3. The summed E-state index contributed by atoms with van der Waals surface area (Å²) < 4.78 is 1.84. The van der Waals surface area contributed by atoms with E-state index in [1.54, 1.807) is 6.33 Å². The van der Waals surface area contributed by atoms with E-state index in [0.29, 0.717) is 22.9 Å². The number of aliphatic hydroxyl groups is 2. The van der Waals surface area contributed by atoms with E-state index in [0.717, 1.165) is 28.1 Å². The van der Waals surface area contributed by atoms with E-state index in [1.165, 1.54) is 0 Å². The number of pyridine rings is 1. The third kappa shape index (κ3) is 4.51. The lowest BCUT2D eigenvalue weighted by Crippen LogP contribution is -2.17. The minimum atomic E-state index is -0.286. The topological polar surface area (TPSA) is 109 Å². The quantitative estimate of drug-likeness (QED) is 0.413. The molecule has 0 saturated heterocycles. The van der Waals surface area contributed by atoms with Crippen LogP contribution in [0.3, 0.4) is 0 Å². The summed E-state index contributed by atoms with van der Waals surface area (Å²) in [6.07, 6.45) is 3.58. The molecule has 0 amide bonds. The van der Waals surface area contributed by atoms with Crippen molar-refractivity contribution in [1.82, 2.24) is 24.7 Å². The van der Waals surface area contributed by atoms with E-state index < -0.39 is 0 Å². The number of aliphatic hydroxyl groups excluding tert-OH is 2. The van der Waals surface area contributed by atoms with Crippen molar-refractivity contribution in [2.75, 3.05) is 11.9 Å². The molecule has 0 fully saturated rings. The van der Waals surface area contributed by atoms with Crippen molar-refractivity contribution < 1.29 is 10.2 Å². The van der Waals surface area contributed by atoms with Gasteiger partial charge < -0.3 is 20.1 Å². The number of nitrogens with zero attached hydrogens (tertiary/aromatic N) is 5. The molecule has 8 heteroatoms. The van der Waals surface area contributed by atoms with Crippen LogP contribution in [0.5, 0.6) is 0 Å². The number of aromatic nitrogens is 5. The third-order valence-electron chi connectivity index (χ3n) is 5.31. The van der Waals surface area contributed by atoms with Crippen LogP contribution in [0.15, 0.2) is 55.0 Å². The maximum absolute atomic E-state index is 9.86. The molecule has 1 atom stereocenters. The van der Waals surface area contributed by atoms with Gasteiger partial charge in [0, 0.05) is 6.20 Å². The van der Waals surface area contributed by atoms with Crippen molar-refractivity contribution in [2.24, 2.45) is 0 Å². The Hall–Kier alpha value is -3.62. The average molecular weight is 431 g/mol. The van der Waals surface area contributed by atoms with E-state index in [9.17, 15) is 10.2 Å². The van der Waals surface area contributed by atoms with E-state index >= 15 is 0 Å². The Balaban J connectivity index is 1.59. The number of imidazole rings is 1. The molecule has 4 aromatic rings. The molecule has 3 aromatic heterocycles. The Morgan fingerprint density at radius 2 is 1.75 bits per heavy atom. The molecule has 0 aliphatic heterocycles. The van der Waals surface area contributed by atoms with Gasteiger partial charge in [0.2, 0.25) is 0 Å². The van der Waals surface area contributed by atoms with Gasteiger partial charge in [-0.15, -0.1) is 10.2 Å². The smallest absolute Gasteiger partial charge is 0.152 e. The van der Waals surface area contributed by atoms with E-state index in [2.05, 4.69) is 25.5 Å². The molecular formula is C24H26N6O2. The van der Waals surface area contributed by atoms with Gasteiger partial charge in [0.1, 0.15) is 5.69 Å². The Morgan fingerprint density at radius 3 is 2.38 bits per heavy atom. The zero-order chi connectivity index (χ0) is 22.7. The molecule has 3 N–H and O–H groups in total. The summed E-state index contributed by atoms with van der Waals surface area (Å²) in [5.41, 5.74) is 6.42. The first-order chi connectivity index (χ1) is 15.5. The van der Waals surface area contributed by atoms with Crippen LogP contribution in [-0.4, -0.2) is 41.6 Å². The maximum atomic E-state index is 9.86. The second-order valence-electron chi connectivity index (χ2n) is 7.79. The van der Waals surface area contributed by atoms with Gasteiger partial charge in [0.25, 0.3) is 0 Å². The van der Waals surface area contributed by atoms with E-state index in [-0.39, 0.29) is 19.3 Å². The van der Waals surface area contributed by atoms with Crippen LogP contribution in [0.1, 0.15) is 34.1 Å². The van der Waals surface area contributed by atoms with Gasteiger partial charge in [0.05, 0.1) is 48.4 Å². The van der Waals surface area contributed by atoms with Crippen molar-refractivity contribution in [1.29, 1.82) is 0 Å². The van der Waals surface area contributed by atoms with Gasteiger partial charge in [0.15, 0.2) is 5.82 Å². The van der Waals surface area contributed by atoms with Gasteiger partial charge in [-0.2, -0.15) is 0 Å². The van der Waals surface area contributed by atoms with Crippen LogP contribution in [0.25, 0.3) is 17.1 Å². The molecule has 0 radical (unpaired) electrons. The highest BCUT2D eigenvalue weighted by Gasteiger charge is 2.15. The Bertz CT molecular complexity index is 1220. The van der Waals surface area contributed by atoms with Crippen LogP contribution < -0.4 is 5.32 Å². The highest BCUT2D eigenvalue weighted by molar-refractivity contribution is 5.60. The first-order valence-corrected chi connectivity index (χ1v) is 10.4. The van der Waals surface area contributed by atoms with Crippen LogP contribution >= 0.6 is 0 Å². The lowest BCUT2D eigenvalue weighted by Gasteiger charge is -2.19. The summed E-state index contributed by atoms with van der Waals surface area (Å²) >= 11 is 0. The fraction of sp³-hybridized carbons (Fsp3) is 0.250. The van der Waals surface area contributed by atoms with Crippen molar-refractivity contribution in [3.8, 4) is 17.1 Å². The number of anilines is 1. The van der Waals surface area contributed by atoms with Gasteiger partial charge in [-0.05, 0) is 50.1 Å². The molecule has 0 aliphatic carbocycles. The standard InChI is InChI=1S/C24H26N6O2/c1-15-4-6-18(7-5-15)21(12-31)27-24-16(2)10-20(28-29-24)19-8-9-23(22(13-32)26-19)30-11-17(3)25-14-30/h4-11,14,21,31-32H,12-13H2,1-3H3,(H,27,29)/t21-/m0/s1. The summed E-state index contributed by atoms with van der Waals surface area (Å²) in [5.74, 6) is 0.598. The summed E-state index contributed by atoms with van der Waals surface area (Å²) in [6.45, 7) is 5.59. The molecule has 32 heavy (non-hydrogen) atoms. The lowest BCUT2D eigenvalue weighted by atomic mass is 10.1. The first kappa shape index (κ1) is 21.6. The zero-order valence-corrected chi connectivity index (χ0v) is 18.3. The molecule has 0 unspecified atom stereocenters. The van der Waals surface area contributed by atoms with Gasteiger partial charge >= 0.3 is 0 Å². The van der Waals surface area contributed by atoms with Crippen LogP contribution in [0.4, 0.5) is 5.82 Å². The molecule has 4 rings (SSSR count). The van der Waals surface area contributed by atoms with Crippen molar-refractivity contribution in [2.45, 2.75) is 33.4 Å². The third-order valence-corrected chi connectivity index (χ3v) is 5.31. The second kappa shape index (κ2) is 9.25. The Kier molecular flexibility index (Phi) is 6.25. The fourth-order valence-corrected chi connectivity index (χ4v) is 3.49. The summed E-state index contributed by atoms with van der Waals surface area (Å²) in [7, 11) is 0. The van der Waals surface area contributed by atoms with Crippen molar-refractivity contribution in [3.05, 3.63) is 83.1 Å². The number of hydrogen-bond acceptors (Lipinski definition) is 7. The molecular weight excluding hydrogens is 404 g/mol. The molecule has 3 heterocycles. The number of hydrogen-bond donors (Lipinski definition) is 3.